The van der Waals surface area contributed by atoms with E-state index in [9.17, 15) is 0 Å². The number of rotatable bonds is 5. The van der Waals surface area contributed by atoms with E-state index in [-0.39, 0.29) is 0 Å². The highest BCUT2D eigenvalue weighted by atomic mass is 32.1. The summed E-state index contributed by atoms with van der Waals surface area (Å²) < 4.78 is 1.83. The van der Waals surface area contributed by atoms with Crippen LogP contribution in [0.3, 0.4) is 0 Å². The van der Waals surface area contributed by atoms with Gasteiger partial charge in [0.15, 0.2) is 0 Å². The Kier molecular flexibility index (Phi) is 3.93. The second-order valence-corrected chi connectivity index (χ2v) is 6.85. The highest BCUT2D eigenvalue weighted by Gasteiger charge is 2.26. The van der Waals surface area contributed by atoms with Gasteiger partial charge in [0.05, 0.1) is 11.9 Å². The van der Waals surface area contributed by atoms with Crippen LogP contribution in [0.4, 0.5) is 16.8 Å². The Morgan fingerprint density at radius 2 is 2.29 bits per heavy atom. The first kappa shape index (κ1) is 15.1. The van der Waals surface area contributed by atoms with Crippen molar-refractivity contribution < 1.29 is 0 Å². The molecule has 8 nitrogen and oxygen atoms in total. The molecule has 3 aromatic heterocycles. The van der Waals surface area contributed by atoms with Gasteiger partial charge in [-0.25, -0.2) is 19.5 Å². The molecule has 2 N–H and O–H groups in total. The van der Waals surface area contributed by atoms with Crippen LogP contribution in [0, 0.1) is 6.92 Å². The number of hydrogen-bond acceptors (Lipinski definition) is 8. The molecule has 1 fully saturated rings. The Bertz CT molecular complexity index is 809. The zero-order chi connectivity index (χ0) is 16.5. The molecule has 24 heavy (non-hydrogen) atoms. The van der Waals surface area contributed by atoms with Gasteiger partial charge in [0, 0.05) is 32.2 Å². The van der Waals surface area contributed by atoms with Crippen molar-refractivity contribution >= 4 is 33.1 Å². The minimum Gasteiger partial charge on any atom is -0.373 e. The maximum absolute atomic E-state index is 4.53. The summed E-state index contributed by atoms with van der Waals surface area (Å²) in [6, 6.07) is 2.40. The standard InChI is InChI=1S/C15H20N8S/c1-10-8-23-15(20-10)24-14(21-23)17-7-11-4-3-5-22(11)13-6-12(16-2)18-9-19-13/h6,8-9,11H,3-5,7H2,1-2H3,(H,17,21)(H,16,18,19). The zero-order valence-corrected chi connectivity index (χ0v) is 14.5. The van der Waals surface area contributed by atoms with Gasteiger partial charge < -0.3 is 15.5 Å². The largest absolute Gasteiger partial charge is 0.373 e. The van der Waals surface area contributed by atoms with E-state index in [1.807, 2.05) is 30.8 Å². The molecule has 0 radical (unpaired) electrons. The number of aromatic nitrogens is 5. The summed E-state index contributed by atoms with van der Waals surface area (Å²) >= 11 is 1.58. The number of anilines is 3. The van der Waals surface area contributed by atoms with Gasteiger partial charge in [0.25, 0.3) is 0 Å². The molecule has 4 heterocycles. The minimum atomic E-state index is 0.405. The molecule has 3 aromatic rings. The molecule has 1 aliphatic heterocycles. The van der Waals surface area contributed by atoms with Crippen molar-refractivity contribution in [1.82, 2.24) is 24.6 Å². The second-order valence-electron chi connectivity index (χ2n) is 5.90. The Morgan fingerprint density at radius 1 is 1.38 bits per heavy atom. The Hall–Kier alpha value is -2.42. The molecule has 1 unspecified atom stereocenters. The lowest BCUT2D eigenvalue weighted by Gasteiger charge is -2.25. The number of nitrogens with one attached hydrogen (secondary N) is 2. The van der Waals surface area contributed by atoms with Crippen LogP contribution in [0.25, 0.3) is 4.96 Å². The number of fused-ring (bicyclic) bond motifs is 1. The number of hydrogen-bond donors (Lipinski definition) is 2. The molecular weight excluding hydrogens is 324 g/mol. The maximum atomic E-state index is 4.53. The zero-order valence-electron chi connectivity index (χ0n) is 13.7. The van der Waals surface area contributed by atoms with E-state index >= 15 is 0 Å². The summed E-state index contributed by atoms with van der Waals surface area (Å²) in [5, 5.41) is 12.0. The van der Waals surface area contributed by atoms with E-state index in [1.54, 1.807) is 17.7 Å². The van der Waals surface area contributed by atoms with Crippen LogP contribution in [0.15, 0.2) is 18.6 Å². The first-order valence-corrected chi connectivity index (χ1v) is 8.88. The van der Waals surface area contributed by atoms with Gasteiger partial charge in [-0.05, 0) is 19.8 Å². The average Bonchev–Trinajstić information content (AvgIpc) is 3.27. The highest BCUT2D eigenvalue weighted by molar-refractivity contribution is 7.20. The minimum absolute atomic E-state index is 0.405. The van der Waals surface area contributed by atoms with Crippen molar-refractivity contribution in [2.75, 3.05) is 35.7 Å². The highest BCUT2D eigenvalue weighted by Crippen LogP contribution is 2.26. The first-order valence-electron chi connectivity index (χ1n) is 8.06. The van der Waals surface area contributed by atoms with Crippen molar-refractivity contribution in [2.24, 2.45) is 0 Å². The van der Waals surface area contributed by atoms with E-state index in [2.05, 4.69) is 35.6 Å². The molecule has 0 saturated carbocycles. The average molecular weight is 344 g/mol. The third kappa shape index (κ3) is 2.86. The smallest absolute Gasteiger partial charge is 0.214 e. The van der Waals surface area contributed by atoms with E-state index in [0.29, 0.717) is 6.04 Å². The number of aryl methyl sites for hydroxylation is 1. The quantitative estimate of drug-likeness (QED) is 0.732. The van der Waals surface area contributed by atoms with Gasteiger partial charge in [0.1, 0.15) is 18.0 Å². The summed E-state index contributed by atoms with van der Waals surface area (Å²) in [6.45, 7) is 3.84. The molecule has 0 bridgehead atoms. The molecule has 1 aliphatic rings. The number of nitrogens with zero attached hydrogens (tertiary/aromatic N) is 6. The van der Waals surface area contributed by atoms with Crippen molar-refractivity contribution in [1.29, 1.82) is 0 Å². The molecule has 1 atom stereocenters. The SMILES string of the molecule is CNc1cc(N2CCCC2CNc2nn3cc(C)nc3s2)ncn1. The third-order valence-corrected chi connectivity index (χ3v) is 5.11. The monoisotopic (exact) mass is 344 g/mol. The lowest BCUT2D eigenvalue weighted by atomic mass is 10.2. The summed E-state index contributed by atoms with van der Waals surface area (Å²) in [4.78, 5) is 16.3. The molecule has 4 rings (SSSR count). The molecule has 126 valence electrons. The van der Waals surface area contributed by atoms with E-state index in [4.69, 9.17) is 0 Å². The normalized spacial score (nSPS) is 17.6. The van der Waals surface area contributed by atoms with Crippen molar-refractivity contribution in [3.8, 4) is 0 Å². The predicted molar refractivity (Wildman–Crippen MR) is 96.0 cm³/mol. The molecule has 1 saturated heterocycles. The second kappa shape index (κ2) is 6.23. The van der Waals surface area contributed by atoms with E-state index in [1.165, 1.54) is 6.42 Å². The molecule has 0 aliphatic carbocycles. The van der Waals surface area contributed by atoms with Crippen molar-refractivity contribution in [2.45, 2.75) is 25.8 Å². The van der Waals surface area contributed by atoms with Gasteiger partial charge in [-0.15, -0.1) is 5.10 Å². The third-order valence-electron chi connectivity index (χ3n) is 4.23. The van der Waals surface area contributed by atoms with Gasteiger partial charge in [-0.3, -0.25) is 0 Å². The molecule has 9 heteroatoms. The van der Waals surface area contributed by atoms with Gasteiger partial charge >= 0.3 is 0 Å². The predicted octanol–water partition coefficient (Wildman–Crippen LogP) is 2.01. The summed E-state index contributed by atoms with van der Waals surface area (Å²) in [6.07, 6.45) is 5.88. The van der Waals surface area contributed by atoms with E-state index in [0.717, 1.165) is 46.9 Å². The summed E-state index contributed by atoms with van der Waals surface area (Å²) in [7, 11) is 1.87. The van der Waals surface area contributed by atoms with Crippen LogP contribution in [0.2, 0.25) is 0 Å². The van der Waals surface area contributed by atoms with Gasteiger partial charge in [-0.1, -0.05) is 11.3 Å². The van der Waals surface area contributed by atoms with Crippen LogP contribution in [0.1, 0.15) is 18.5 Å². The lowest BCUT2D eigenvalue weighted by molar-refractivity contribution is 0.689. The van der Waals surface area contributed by atoms with Crippen LogP contribution in [0.5, 0.6) is 0 Å². The fraction of sp³-hybridized carbons (Fsp3) is 0.467. The fourth-order valence-corrected chi connectivity index (χ4v) is 3.91. The van der Waals surface area contributed by atoms with Crippen LogP contribution in [-0.2, 0) is 0 Å². The Balaban J connectivity index is 1.45. The lowest BCUT2D eigenvalue weighted by Crippen LogP contribution is -2.35. The Labute approximate surface area is 144 Å². The summed E-state index contributed by atoms with van der Waals surface area (Å²) in [5.74, 6) is 1.82. The van der Waals surface area contributed by atoms with E-state index < -0.39 is 0 Å². The van der Waals surface area contributed by atoms with Crippen LogP contribution >= 0.6 is 11.3 Å². The Morgan fingerprint density at radius 3 is 3.12 bits per heavy atom. The summed E-state index contributed by atoms with van der Waals surface area (Å²) in [5.41, 5.74) is 0.992. The van der Waals surface area contributed by atoms with Crippen LogP contribution in [-0.4, -0.2) is 50.7 Å². The maximum Gasteiger partial charge on any atom is 0.214 e. The topological polar surface area (TPSA) is 83.3 Å². The fourth-order valence-electron chi connectivity index (χ4n) is 3.08. The molecule has 0 aromatic carbocycles. The molecular formula is C15H20N8S. The van der Waals surface area contributed by atoms with Gasteiger partial charge in [-0.2, -0.15) is 0 Å². The van der Waals surface area contributed by atoms with Crippen molar-refractivity contribution in [3.63, 3.8) is 0 Å². The first-order chi connectivity index (χ1) is 11.7. The van der Waals surface area contributed by atoms with Crippen molar-refractivity contribution in [3.05, 3.63) is 24.3 Å². The van der Waals surface area contributed by atoms with Crippen LogP contribution < -0.4 is 15.5 Å². The van der Waals surface area contributed by atoms with Gasteiger partial charge in [0.2, 0.25) is 10.1 Å². The molecule has 0 spiro atoms. The number of imidazole rings is 1. The molecule has 0 amide bonds.